The Labute approximate surface area is 162 Å². The molecule has 0 fully saturated rings. The Balaban J connectivity index is 1.74. The minimum atomic E-state index is 0.935. The average molecular weight is 361 g/mol. The quantitative estimate of drug-likeness (QED) is 0.300. The normalized spacial score (nSPS) is 11.9. The minimum Gasteiger partial charge on any atom is -0.456 e. The van der Waals surface area contributed by atoms with E-state index in [-0.39, 0.29) is 0 Å². The predicted octanol–water partition coefficient (Wildman–Crippen LogP) is 7.30. The molecule has 0 aliphatic carbocycles. The number of para-hydroxylation sites is 2. The molecule has 134 valence electrons. The summed E-state index contributed by atoms with van der Waals surface area (Å²) in [5, 5.41) is 4.92. The van der Waals surface area contributed by atoms with E-state index in [0.29, 0.717) is 0 Å². The summed E-state index contributed by atoms with van der Waals surface area (Å²) in [7, 11) is 0. The van der Waals surface area contributed by atoms with Gasteiger partial charge in [0.2, 0.25) is 0 Å². The number of hydrogen-bond donors (Lipinski definition) is 0. The van der Waals surface area contributed by atoms with Crippen molar-refractivity contribution >= 4 is 43.7 Å². The summed E-state index contributed by atoms with van der Waals surface area (Å²) >= 11 is 0. The number of furan rings is 1. The van der Waals surface area contributed by atoms with Crippen molar-refractivity contribution in [3.8, 4) is 5.69 Å². The van der Waals surface area contributed by atoms with E-state index in [9.17, 15) is 0 Å². The number of aryl methyl sites for hydroxylation is 2. The second-order valence-electron chi connectivity index (χ2n) is 7.61. The van der Waals surface area contributed by atoms with Crippen LogP contribution in [-0.4, -0.2) is 4.57 Å². The Morgan fingerprint density at radius 2 is 1.46 bits per heavy atom. The number of fused-ring (bicyclic) bond motifs is 6. The number of nitrogens with zero attached hydrogens (tertiary/aromatic N) is 1. The zero-order chi connectivity index (χ0) is 18.8. The maximum Gasteiger partial charge on any atom is 0.138 e. The van der Waals surface area contributed by atoms with Crippen LogP contribution in [0.5, 0.6) is 0 Å². The lowest BCUT2D eigenvalue weighted by Crippen LogP contribution is -1.93. The van der Waals surface area contributed by atoms with E-state index in [4.69, 9.17) is 4.42 Å². The van der Waals surface area contributed by atoms with Gasteiger partial charge in [0.05, 0.1) is 11.0 Å². The van der Waals surface area contributed by atoms with E-state index in [0.717, 1.165) is 22.2 Å². The summed E-state index contributed by atoms with van der Waals surface area (Å²) in [5.74, 6) is 0. The van der Waals surface area contributed by atoms with Gasteiger partial charge in [0, 0.05) is 27.2 Å². The summed E-state index contributed by atoms with van der Waals surface area (Å²) < 4.78 is 8.50. The second kappa shape index (κ2) is 5.49. The summed E-state index contributed by atoms with van der Waals surface area (Å²) in [4.78, 5) is 0. The molecule has 2 aromatic heterocycles. The molecular formula is C26H19NO. The molecule has 0 atom stereocenters. The lowest BCUT2D eigenvalue weighted by atomic mass is 10.1. The molecule has 0 saturated heterocycles. The topological polar surface area (TPSA) is 18.1 Å². The Morgan fingerprint density at radius 3 is 2.39 bits per heavy atom. The first-order chi connectivity index (χ1) is 13.7. The summed E-state index contributed by atoms with van der Waals surface area (Å²) in [6.07, 6.45) is 0. The highest BCUT2D eigenvalue weighted by Gasteiger charge is 2.14. The number of hydrogen-bond acceptors (Lipinski definition) is 1. The van der Waals surface area contributed by atoms with Gasteiger partial charge in [0.1, 0.15) is 11.2 Å². The van der Waals surface area contributed by atoms with Crippen LogP contribution in [-0.2, 0) is 0 Å². The van der Waals surface area contributed by atoms with Gasteiger partial charge in [-0.05, 0) is 55.8 Å². The predicted molar refractivity (Wildman–Crippen MR) is 118 cm³/mol. The first kappa shape index (κ1) is 15.5. The van der Waals surface area contributed by atoms with E-state index < -0.39 is 0 Å². The summed E-state index contributed by atoms with van der Waals surface area (Å²) in [5.41, 5.74) is 7.98. The third-order valence-electron chi connectivity index (χ3n) is 5.76. The van der Waals surface area contributed by atoms with Crippen molar-refractivity contribution in [2.45, 2.75) is 13.8 Å². The molecule has 0 bridgehead atoms. The van der Waals surface area contributed by atoms with Gasteiger partial charge >= 0.3 is 0 Å². The van der Waals surface area contributed by atoms with Gasteiger partial charge in [-0.25, -0.2) is 0 Å². The van der Waals surface area contributed by atoms with Crippen molar-refractivity contribution in [2.24, 2.45) is 0 Å². The van der Waals surface area contributed by atoms with Crippen LogP contribution in [0.4, 0.5) is 0 Å². The van der Waals surface area contributed by atoms with Crippen LogP contribution in [0.25, 0.3) is 49.4 Å². The monoisotopic (exact) mass is 361 g/mol. The van der Waals surface area contributed by atoms with Crippen molar-refractivity contribution in [1.82, 2.24) is 4.57 Å². The van der Waals surface area contributed by atoms with Crippen molar-refractivity contribution in [3.05, 3.63) is 90.0 Å². The highest BCUT2D eigenvalue weighted by atomic mass is 16.3. The van der Waals surface area contributed by atoms with Crippen molar-refractivity contribution < 1.29 is 4.42 Å². The molecule has 4 aromatic carbocycles. The first-order valence-electron chi connectivity index (χ1n) is 9.63. The highest BCUT2D eigenvalue weighted by molar-refractivity contribution is 6.10. The van der Waals surface area contributed by atoms with E-state index in [1.807, 2.05) is 0 Å². The van der Waals surface area contributed by atoms with E-state index in [1.54, 1.807) is 0 Å². The zero-order valence-corrected chi connectivity index (χ0v) is 15.9. The van der Waals surface area contributed by atoms with Crippen LogP contribution in [0, 0.1) is 13.8 Å². The second-order valence-corrected chi connectivity index (χ2v) is 7.61. The lowest BCUT2D eigenvalue weighted by Gasteiger charge is -2.08. The SMILES string of the molecule is Cc1ccc2c(c1)c1ccccc1n2-c1ccc2oc3c(C)cccc3c2c1. The number of rotatable bonds is 1. The number of benzene rings is 4. The van der Waals surface area contributed by atoms with Crippen molar-refractivity contribution in [1.29, 1.82) is 0 Å². The molecule has 0 amide bonds. The molecule has 0 N–H and O–H groups in total. The van der Waals surface area contributed by atoms with Crippen LogP contribution in [0.3, 0.4) is 0 Å². The third kappa shape index (κ3) is 2.03. The molecule has 28 heavy (non-hydrogen) atoms. The van der Waals surface area contributed by atoms with Gasteiger partial charge in [0.15, 0.2) is 0 Å². The molecular weight excluding hydrogens is 342 g/mol. The van der Waals surface area contributed by atoms with Crippen LogP contribution < -0.4 is 0 Å². The maximum atomic E-state index is 6.14. The average Bonchev–Trinajstić information content (AvgIpc) is 3.24. The molecule has 0 unspecified atom stereocenters. The van der Waals surface area contributed by atoms with E-state index in [2.05, 4.69) is 97.3 Å². The Bertz CT molecular complexity index is 1530. The van der Waals surface area contributed by atoms with Gasteiger partial charge in [-0.3, -0.25) is 0 Å². The molecule has 0 saturated carbocycles. The van der Waals surface area contributed by atoms with E-state index >= 15 is 0 Å². The van der Waals surface area contributed by atoms with Crippen LogP contribution in [0.1, 0.15) is 11.1 Å². The fourth-order valence-corrected chi connectivity index (χ4v) is 4.43. The van der Waals surface area contributed by atoms with Gasteiger partial charge in [-0.2, -0.15) is 0 Å². The molecule has 0 aliphatic rings. The molecule has 2 heteroatoms. The van der Waals surface area contributed by atoms with Gasteiger partial charge in [0.25, 0.3) is 0 Å². The molecule has 6 aromatic rings. The van der Waals surface area contributed by atoms with Gasteiger partial charge < -0.3 is 8.98 Å². The van der Waals surface area contributed by atoms with Gasteiger partial charge in [-0.1, -0.05) is 48.0 Å². The van der Waals surface area contributed by atoms with Gasteiger partial charge in [-0.15, -0.1) is 0 Å². The zero-order valence-electron chi connectivity index (χ0n) is 15.9. The Kier molecular flexibility index (Phi) is 3.05. The van der Waals surface area contributed by atoms with Crippen molar-refractivity contribution in [2.75, 3.05) is 0 Å². The Morgan fingerprint density at radius 1 is 0.643 bits per heavy atom. The largest absolute Gasteiger partial charge is 0.456 e. The maximum absolute atomic E-state index is 6.14. The molecule has 0 radical (unpaired) electrons. The lowest BCUT2D eigenvalue weighted by molar-refractivity contribution is 0.665. The van der Waals surface area contributed by atoms with Crippen LogP contribution >= 0.6 is 0 Å². The smallest absolute Gasteiger partial charge is 0.138 e. The minimum absolute atomic E-state index is 0.935. The van der Waals surface area contributed by atoms with E-state index in [1.165, 1.54) is 38.3 Å². The molecule has 0 spiro atoms. The van der Waals surface area contributed by atoms with Crippen LogP contribution in [0.2, 0.25) is 0 Å². The summed E-state index contributed by atoms with van der Waals surface area (Å²) in [6, 6.07) is 28.2. The highest BCUT2D eigenvalue weighted by Crippen LogP contribution is 2.36. The standard InChI is InChI=1S/C26H19NO/c1-16-10-12-24-21(14-16)19-7-3-4-9-23(19)27(24)18-11-13-25-22(15-18)20-8-5-6-17(2)26(20)28-25/h3-15H,1-2H3. The molecule has 2 heterocycles. The van der Waals surface area contributed by atoms with Crippen LogP contribution in [0.15, 0.2) is 83.3 Å². The summed E-state index contributed by atoms with van der Waals surface area (Å²) in [6.45, 7) is 4.25. The fraction of sp³-hybridized carbons (Fsp3) is 0.0769. The number of aromatic nitrogens is 1. The molecule has 2 nitrogen and oxygen atoms in total. The van der Waals surface area contributed by atoms with Crippen molar-refractivity contribution in [3.63, 3.8) is 0 Å². The third-order valence-corrected chi connectivity index (χ3v) is 5.76. The molecule has 6 rings (SSSR count). The fourth-order valence-electron chi connectivity index (χ4n) is 4.43. The first-order valence-corrected chi connectivity index (χ1v) is 9.63. The molecule has 0 aliphatic heterocycles. The Hall–Kier alpha value is -3.52.